The van der Waals surface area contributed by atoms with E-state index in [1.54, 1.807) is 6.07 Å². The molecule has 33 heavy (non-hydrogen) atoms. The lowest BCUT2D eigenvalue weighted by atomic mass is 10.00. The number of carboxylic acids is 1. The second-order valence-electron chi connectivity index (χ2n) is 10.1. The Morgan fingerprint density at radius 3 is 1.24 bits per heavy atom. The van der Waals surface area contributed by atoms with Crippen LogP contribution in [0, 0.1) is 0 Å². The van der Waals surface area contributed by atoms with E-state index in [1.807, 2.05) is 18.2 Å². The monoisotopic (exact) mass is 458 g/mol. The van der Waals surface area contributed by atoms with Gasteiger partial charge in [0.2, 0.25) is 0 Å². The molecule has 0 unspecified atom stereocenters. The molecule has 0 saturated carbocycles. The van der Waals surface area contributed by atoms with Gasteiger partial charge in [-0.1, -0.05) is 160 Å². The first-order chi connectivity index (χ1) is 16.3. The predicted octanol–water partition coefficient (Wildman–Crippen LogP) is 10.5. The molecule has 0 saturated heterocycles. The Morgan fingerprint density at radius 1 is 0.545 bits per heavy atom. The molecule has 0 heterocycles. The third-order valence-corrected chi connectivity index (χ3v) is 7.05. The highest BCUT2D eigenvalue weighted by molar-refractivity contribution is 5.89. The van der Waals surface area contributed by atoms with Gasteiger partial charge in [0.1, 0.15) is 0 Å². The molecule has 0 fully saturated rings. The van der Waals surface area contributed by atoms with Crippen molar-refractivity contribution in [3.05, 3.63) is 35.4 Å². The van der Waals surface area contributed by atoms with Crippen molar-refractivity contribution in [1.29, 1.82) is 0 Å². The molecule has 0 radical (unpaired) electrons. The Morgan fingerprint density at radius 2 is 0.879 bits per heavy atom. The summed E-state index contributed by atoms with van der Waals surface area (Å²) < 4.78 is 0. The number of hydrogen-bond donors (Lipinski definition) is 1. The van der Waals surface area contributed by atoms with E-state index in [4.69, 9.17) is 0 Å². The van der Waals surface area contributed by atoms with E-state index in [0.717, 1.165) is 18.4 Å². The Kier molecular flexibility index (Phi) is 20.2. The molecule has 0 aliphatic heterocycles. The average molecular weight is 459 g/mol. The molecule has 2 heteroatoms. The van der Waals surface area contributed by atoms with Gasteiger partial charge in [-0.2, -0.15) is 0 Å². The van der Waals surface area contributed by atoms with Gasteiger partial charge in [-0.05, 0) is 24.5 Å². The third-order valence-electron chi connectivity index (χ3n) is 7.05. The van der Waals surface area contributed by atoms with E-state index >= 15 is 0 Å². The fraction of sp³-hybridized carbons (Fsp3) is 0.774. The Bertz CT molecular complexity index is 566. The molecular weight excluding hydrogens is 404 g/mol. The van der Waals surface area contributed by atoms with E-state index in [2.05, 4.69) is 6.92 Å². The van der Waals surface area contributed by atoms with Gasteiger partial charge in [0.25, 0.3) is 0 Å². The Balaban J connectivity index is 1.75. The number of rotatable bonds is 24. The van der Waals surface area contributed by atoms with Crippen molar-refractivity contribution >= 4 is 5.97 Å². The predicted molar refractivity (Wildman–Crippen MR) is 144 cm³/mol. The molecule has 0 atom stereocenters. The molecule has 0 aliphatic rings. The van der Waals surface area contributed by atoms with Crippen LogP contribution in [0.1, 0.15) is 164 Å². The second-order valence-corrected chi connectivity index (χ2v) is 10.1. The van der Waals surface area contributed by atoms with Crippen molar-refractivity contribution in [2.45, 2.75) is 155 Å². The second kappa shape index (κ2) is 22.5. The van der Waals surface area contributed by atoms with Crippen molar-refractivity contribution in [2.24, 2.45) is 0 Å². The summed E-state index contributed by atoms with van der Waals surface area (Å²) in [6, 6.07) is 7.43. The van der Waals surface area contributed by atoms with E-state index in [9.17, 15) is 9.90 Å². The minimum Gasteiger partial charge on any atom is -0.478 e. The first kappa shape index (κ1) is 29.7. The summed E-state index contributed by atoms with van der Waals surface area (Å²) in [5.41, 5.74) is 1.46. The van der Waals surface area contributed by atoms with Gasteiger partial charge in [0.15, 0.2) is 0 Å². The molecule has 0 bridgehead atoms. The fourth-order valence-electron chi connectivity index (χ4n) is 4.87. The van der Waals surface area contributed by atoms with E-state index < -0.39 is 5.97 Å². The van der Waals surface area contributed by atoms with Gasteiger partial charge in [-0.15, -0.1) is 0 Å². The van der Waals surface area contributed by atoms with Crippen LogP contribution in [0.25, 0.3) is 0 Å². The zero-order valence-electron chi connectivity index (χ0n) is 21.9. The molecule has 0 aromatic heterocycles. The summed E-state index contributed by atoms with van der Waals surface area (Å²) in [7, 11) is 0. The smallest absolute Gasteiger partial charge is 0.335 e. The van der Waals surface area contributed by atoms with Crippen LogP contribution in [0.5, 0.6) is 0 Å². The summed E-state index contributed by atoms with van der Waals surface area (Å²) in [5, 5.41) is 9.24. The third kappa shape index (κ3) is 17.8. The summed E-state index contributed by atoms with van der Waals surface area (Å²) >= 11 is 0. The summed E-state index contributed by atoms with van der Waals surface area (Å²) in [6.07, 6.45) is 31.6. The molecule has 2 nitrogen and oxygen atoms in total. The largest absolute Gasteiger partial charge is 0.478 e. The molecule has 190 valence electrons. The number of aromatic carboxylic acids is 1. The molecular formula is C31H54O2. The number of hydrogen-bond acceptors (Lipinski definition) is 1. The first-order valence-electron chi connectivity index (χ1n) is 14.6. The van der Waals surface area contributed by atoms with Crippen molar-refractivity contribution in [1.82, 2.24) is 0 Å². The number of unbranched alkanes of at least 4 members (excludes halogenated alkanes) is 21. The SMILES string of the molecule is CCCCCCCCCCCCCCCCCCCCCCCCc1ccccc1C(=O)O. The number of aryl methyl sites for hydroxylation is 1. The lowest BCUT2D eigenvalue weighted by Crippen LogP contribution is -2.02. The molecule has 0 spiro atoms. The summed E-state index contributed by atoms with van der Waals surface area (Å²) in [4.78, 5) is 11.2. The number of benzene rings is 1. The van der Waals surface area contributed by atoms with E-state index in [-0.39, 0.29) is 0 Å². The molecule has 1 aromatic rings. The maximum absolute atomic E-state index is 11.2. The van der Waals surface area contributed by atoms with Crippen molar-refractivity contribution in [3.8, 4) is 0 Å². The fourth-order valence-corrected chi connectivity index (χ4v) is 4.87. The normalized spacial score (nSPS) is 11.2. The topological polar surface area (TPSA) is 37.3 Å². The van der Waals surface area contributed by atoms with E-state index in [0.29, 0.717) is 5.56 Å². The van der Waals surface area contributed by atoms with Crippen LogP contribution in [0.3, 0.4) is 0 Å². The van der Waals surface area contributed by atoms with Crippen LogP contribution in [0.2, 0.25) is 0 Å². The van der Waals surface area contributed by atoms with Crippen LogP contribution in [0.4, 0.5) is 0 Å². The zero-order valence-corrected chi connectivity index (χ0v) is 21.9. The van der Waals surface area contributed by atoms with Crippen molar-refractivity contribution in [2.75, 3.05) is 0 Å². The molecule has 1 N–H and O–H groups in total. The Hall–Kier alpha value is -1.31. The van der Waals surface area contributed by atoms with Gasteiger partial charge in [0.05, 0.1) is 5.56 Å². The molecule has 0 amide bonds. The number of carbonyl (C=O) groups is 1. The standard InChI is InChI=1S/C31H54O2/c1-2-3-4-5-6-7-8-9-10-11-12-13-14-15-16-17-18-19-20-21-22-23-26-29-27-24-25-28-30(29)31(32)33/h24-25,27-28H,2-23,26H2,1H3,(H,32,33). The van der Waals surface area contributed by atoms with Crippen LogP contribution < -0.4 is 0 Å². The minimum atomic E-state index is -0.801. The lowest BCUT2D eigenvalue weighted by Gasteiger charge is -2.06. The summed E-state index contributed by atoms with van der Waals surface area (Å²) in [6.45, 7) is 2.29. The maximum Gasteiger partial charge on any atom is 0.335 e. The highest BCUT2D eigenvalue weighted by atomic mass is 16.4. The van der Waals surface area contributed by atoms with Gasteiger partial charge in [0, 0.05) is 0 Å². The van der Waals surface area contributed by atoms with Gasteiger partial charge < -0.3 is 5.11 Å². The lowest BCUT2D eigenvalue weighted by molar-refractivity contribution is 0.0695. The summed E-state index contributed by atoms with van der Waals surface area (Å²) in [5.74, 6) is -0.801. The minimum absolute atomic E-state index is 0.473. The van der Waals surface area contributed by atoms with Gasteiger partial charge in [-0.3, -0.25) is 0 Å². The quantitative estimate of drug-likeness (QED) is 0.156. The highest BCUT2D eigenvalue weighted by Crippen LogP contribution is 2.16. The molecule has 0 aliphatic carbocycles. The van der Waals surface area contributed by atoms with Gasteiger partial charge >= 0.3 is 5.97 Å². The van der Waals surface area contributed by atoms with Gasteiger partial charge in [-0.25, -0.2) is 4.79 Å². The van der Waals surface area contributed by atoms with Crippen molar-refractivity contribution < 1.29 is 9.90 Å². The zero-order chi connectivity index (χ0) is 23.8. The first-order valence-corrected chi connectivity index (χ1v) is 14.6. The number of carboxylic acid groups (broad SMARTS) is 1. The van der Waals surface area contributed by atoms with Crippen LogP contribution in [-0.4, -0.2) is 11.1 Å². The average Bonchev–Trinajstić information content (AvgIpc) is 2.82. The Labute approximate surface area is 206 Å². The van der Waals surface area contributed by atoms with Crippen molar-refractivity contribution in [3.63, 3.8) is 0 Å². The van der Waals surface area contributed by atoms with Crippen LogP contribution in [-0.2, 0) is 6.42 Å². The highest BCUT2D eigenvalue weighted by Gasteiger charge is 2.08. The molecule has 1 rings (SSSR count). The van der Waals surface area contributed by atoms with E-state index in [1.165, 1.54) is 135 Å². The maximum atomic E-state index is 11.2. The van der Waals surface area contributed by atoms with Crippen LogP contribution in [0.15, 0.2) is 24.3 Å². The molecule has 1 aromatic carbocycles. The van der Waals surface area contributed by atoms with Crippen LogP contribution >= 0.6 is 0 Å².